The van der Waals surface area contributed by atoms with E-state index in [0.29, 0.717) is 30.4 Å². The van der Waals surface area contributed by atoms with Crippen molar-refractivity contribution in [2.45, 2.75) is 50.5 Å². The lowest BCUT2D eigenvalue weighted by Crippen LogP contribution is -2.42. The first-order valence-electron chi connectivity index (χ1n) is 10.6. The average Bonchev–Trinajstić information content (AvgIpc) is 2.97. The summed E-state index contributed by atoms with van der Waals surface area (Å²) in [4.78, 5) is 26.5. The van der Waals surface area contributed by atoms with Crippen LogP contribution in [0.1, 0.15) is 49.1 Å². The quantitative estimate of drug-likeness (QED) is 0.468. The number of ether oxygens (including phenoxy) is 2. The van der Waals surface area contributed by atoms with Crippen molar-refractivity contribution in [3.8, 4) is 11.1 Å². The molecule has 0 bridgehead atoms. The number of ketones is 1. The number of benzene rings is 2. The highest BCUT2D eigenvalue weighted by Crippen LogP contribution is 2.46. The Bertz CT molecular complexity index is 952. The van der Waals surface area contributed by atoms with Crippen LogP contribution in [-0.2, 0) is 19.1 Å². The monoisotopic (exact) mass is 426 g/mol. The second-order valence-corrected chi connectivity index (χ2v) is 8.97. The highest BCUT2D eigenvalue weighted by atomic mass is 35.5. The molecule has 3 atom stereocenters. The molecule has 30 heavy (non-hydrogen) atoms. The van der Waals surface area contributed by atoms with Crippen molar-refractivity contribution in [1.29, 1.82) is 0 Å². The van der Waals surface area contributed by atoms with Gasteiger partial charge in [0.05, 0.1) is 0 Å². The SMILES string of the molecule is COCCC1CCCC2(C1)OC(=O)C(c1cc(-c3ccc(Cl)cc3)ccc1C)C2=O. The number of aryl methyl sites for hydroxylation is 1. The first-order valence-corrected chi connectivity index (χ1v) is 10.9. The zero-order valence-corrected chi connectivity index (χ0v) is 18.2. The highest BCUT2D eigenvalue weighted by Gasteiger charge is 2.57. The molecule has 0 radical (unpaired) electrons. The minimum Gasteiger partial charge on any atom is -0.450 e. The molecule has 0 aromatic heterocycles. The van der Waals surface area contributed by atoms with Gasteiger partial charge in [-0.25, -0.2) is 0 Å². The Hall–Kier alpha value is -2.17. The Balaban J connectivity index is 1.64. The largest absolute Gasteiger partial charge is 0.450 e. The Kier molecular flexibility index (Phi) is 5.99. The summed E-state index contributed by atoms with van der Waals surface area (Å²) in [5.41, 5.74) is 2.64. The summed E-state index contributed by atoms with van der Waals surface area (Å²) in [6.07, 6.45) is 4.05. The first kappa shape index (κ1) is 21.1. The average molecular weight is 427 g/mol. The van der Waals surface area contributed by atoms with E-state index in [-0.39, 0.29) is 5.78 Å². The summed E-state index contributed by atoms with van der Waals surface area (Å²) in [7, 11) is 1.69. The fourth-order valence-electron chi connectivity index (χ4n) is 4.91. The van der Waals surface area contributed by atoms with Crippen LogP contribution >= 0.6 is 11.6 Å². The molecule has 1 heterocycles. The zero-order valence-electron chi connectivity index (χ0n) is 17.4. The number of hydrogen-bond donors (Lipinski definition) is 0. The number of rotatable bonds is 5. The number of carbonyl (C=O) groups excluding carboxylic acids is 2. The number of esters is 1. The smallest absolute Gasteiger partial charge is 0.322 e. The third kappa shape index (κ3) is 3.91. The summed E-state index contributed by atoms with van der Waals surface area (Å²) < 4.78 is 11.1. The number of carbonyl (C=O) groups is 2. The van der Waals surface area contributed by atoms with E-state index in [4.69, 9.17) is 21.1 Å². The third-order valence-electron chi connectivity index (χ3n) is 6.55. The van der Waals surface area contributed by atoms with Crippen LogP contribution in [0.15, 0.2) is 42.5 Å². The van der Waals surface area contributed by atoms with Crippen molar-refractivity contribution < 1.29 is 19.1 Å². The molecular weight excluding hydrogens is 400 g/mol. The second kappa shape index (κ2) is 8.52. The van der Waals surface area contributed by atoms with Gasteiger partial charge in [-0.15, -0.1) is 0 Å². The molecule has 4 rings (SSSR count). The molecule has 3 unspecified atom stereocenters. The first-order chi connectivity index (χ1) is 14.4. The second-order valence-electron chi connectivity index (χ2n) is 8.53. The Morgan fingerprint density at radius 2 is 1.87 bits per heavy atom. The van der Waals surface area contributed by atoms with E-state index in [0.717, 1.165) is 41.5 Å². The van der Waals surface area contributed by atoms with Gasteiger partial charge < -0.3 is 9.47 Å². The summed E-state index contributed by atoms with van der Waals surface area (Å²) >= 11 is 6.01. The molecule has 5 heteroatoms. The summed E-state index contributed by atoms with van der Waals surface area (Å²) in [5, 5.41) is 0.669. The maximum atomic E-state index is 13.6. The van der Waals surface area contributed by atoms with Crippen LogP contribution in [0.2, 0.25) is 5.02 Å². The molecule has 1 saturated heterocycles. The lowest BCUT2D eigenvalue weighted by molar-refractivity contribution is -0.156. The number of methoxy groups -OCH3 is 1. The van der Waals surface area contributed by atoms with E-state index in [1.54, 1.807) is 7.11 Å². The maximum Gasteiger partial charge on any atom is 0.322 e. The molecule has 2 aromatic rings. The van der Waals surface area contributed by atoms with Gasteiger partial charge in [-0.05, 0) is 79.0 Å². The van der Waals surface area contributed by atoms with E-state index in [9.17, 15) is 9.59 Å². The van der Waals surface area contributed by atoms with E-state index >= 15 is 0 Å². The molecule has 4 nitrogen and oxygen atoms in total. The molecule has 0 N–H and O–H groups in total. The lowest BCUT2D eigenvalue weighted by Gasteiger charge is -2.35. The molecule has 1 spiro atoms. The van der Waals surface area contributed by atoms with Gasteiger partial charge in [0.1, 0.15) is 5.92 Å². The van der Waals surface area contributed by atoms with Gasteiger partial charge in [0.2, 0.25) is 0 Å². The molecule has 1 aliphatic heterocycles. The van der Waals surface area contributed by atoms with Gasteiger partial charge in [-0.2, -0.15) is 0 Å². The normalized spacial score (nSPS) is 26.2. The van der Waals surface area contributed by atoms with Crippen LogP contribution < -0.4 is 0 Å². The van der Waals surface area contributed by atoms with Crippen molar-refractivity contribution in [3.05, 3.63) is 58.6 Å². The topological polar surface area (TPSA) is 52.6 Å². The van der Waals surface area contributed by atoms with Crippen LogP contribution in [0.5, 0.6) is 0 Å². The standard InChI is InChI=1S/C25H27ClO4/c1-16-5-6-19(18-7-9-20(26)10-8-18)14-21(16)22-23(27)25(30-24(22)28)12-3-4-17(15-25)11-13-29-2/h5-10,14,17,22H,3-4,11-13,15H2,1-2H3. The van der Waals surface area contributed by atoms with Crippen molar-refractivity contribution in [1.82, 2.24) is 0 Å². The fourth-order valence-corrected chi connectivity index (χ4v) is 5.03. The molecule has 1 saturated carbocycles. The van der Waals surface area contributed by atoms with Crippen LogP contribution in [-0.4, -0.2) is 31.1 Å². The van der Waals surface area contributed by atoms with Gasteiger partial charge >= 0.3 is 5.97 Å². The van der Waals surface area contributed by atoms with E-state index < -0.39 is 17.5 Å². The predicted octanol–water partition coefficient (Wildman–Crippen LogP) is 5.49. The highest BCUT2D eigenvalue weighted by molar-refractivity contribution is 6.30. The molecule has 1 aliphatic carbocycles. The van der Waals surface area contributed by atoms with E-state index in [1.165, 1.54) is 0 Å². The van der Waals surface area contributed by atoms with E-state index in [1.807, 2.05) is 49.4 Å². The Morgan fingerprint density at radius 3 is 2.60 bits per heavy atom. The van der Waals surface area contributed by atoms with Crippen LogP contribution in [0, 0.1) is 12.8 Å². The van der Waals surface area contributed by atoms with Gasteiger partial charge in [0.15, 0.2) is 11.4 Å². The Morgan fingerprint density at radius 1 is 1.13 bits per heavy atom. The van der Waals surface area contributed by atoms with Crippen molar-refractivity contribution in [2.75, 3.05) is 13.7 Å². The molecular formula is C25H27ClO4. The zero-order chi connectivity index (χ0) is 21.3. The minimum atomic E-state index is -0.971. The number of halogens is 1. The van der Waals surface area contributed by atoms with Crippen LogP contribution in [0.3, 0.4) is 0 Å². The lowest BCUT2D eigenvalue weighted by atomic mass is 9.72. The fraction of sp³-hybridized carbons (Fsp3) is 0.440. The summed E-state index contributed by atoms with van der Waals surface area (Å²) in [6.45, 7) is 2.60. The minimum absolute atomic E-state index is 0.0778. The van der Waals surface area contributed by atoms with Gasteiger partial charge in [0, 0.05) is 18.7 Å². The van der Waals surface area contributed by atoms with Crippen molar-refractivity contribution in [2.24, 2.45) is 5.92 Å². The Labute approximate surface area is 182 Å². The summed E-state index contributed by atoms with van der Waals surface area (Å²) in [6, 6.07) is 13.5. The van der Waals surface area contributed by atoms with Gasteiger partial charge in [-0.1, -0.05) is 42.3 Å². The molecule has 0 amide bonds. The number of Topliss-reactive ketones (excluding diaryl/α,β-unsaturated/α-hetero) is 1. The van der Waals surface area contributed by atoms with Gasteiger partial charge in [0.25, 0.3) is 0 Å². The van der Waals surface area contributed by atoms with Crippen molar-refractivity contribution >= 4 is 23.4 Å². The maximum absolute atomic E-state index is 13.6. The molecule has 2 fully saturated rings. The van der Waals surface area contributed by atoms with E-state index in [2.05, 4.69) is 0 Å². The third-order valence-corrected chi connectivity index (χ3v) is 6.80. The molecule has 2 aromatic carbocycles. The van der Waals surface area contributed by atoms with Crippen LogP contribution in [0.25, 0.3) is 11.1 Å². The van der Waals surface area contributed by atoms with Gasteiger partial charge in [-0.3, -0.25) is 9.59 Å². The predicted molar refractivity (Wildman–Crippen MR) is 117 cm³/mol. The number of hydrogen-bond acceptors (Lipinski definition) is 4. The van der Waals surface area contributed by atoms with Crippen molar-refractivity contribution in [3.63, 3.8) is 0 Å². The molecule has 2 aliphatic rings. The summed E-state index contributed by atoms with van der Waals surface area (Å²) in [5.74, 6) is -0.996. The molecule has 158 valence electrons. The van der Waals surface area contributed by atoms with Crippen LogP contribution in [0.4, 0.5) is 0 Å².